The molecule has 31 heavy (non-hydrogen) atoms. The van der Waals surface area contributed by atoms with E-state index in [1.807, 2.05) is 22.6 Å². The molecule has 164 valence electrons. The minimum Gasteiger partial charge on any atom is -0.504 e. The molecule has 1 aromatic rings. The summed E-state index contributed by atoms with van der Waals surface area (Å²) in [5.74, 6) is -2.84. The van der Waals surface area contributed by atoms with Gasteiger partial charge in [0.15, 0.2) is 11.5 Å². The number of hydrogen-bond acceptors (Lipinski definition) is 8. The molecule has 11 heteroatoms. The first kappa shape index (κ1) is 22.1. The third-order valence-corrected chi connectivity index (χ3v) is 7.18. The van der Waals surface area contributed by atoms with Gasteiger partial charge in [-0.3, -0.25) is 9.59 Å². The zero-order valence-electron chi connectivity index (χ0n) is 17.1. The highest BCUT2D eigenvalue weighted by molar-refractivity contribution is 14.1. The summed E-state index contributed by atoms with van der Waals surface area (Å²) in [6.45, 7) is 1.80. The molecular weight excluding hydrogens is 520 g/mol. The van der Waals surface area contributed by atoms with Gasteiger partial charge in [-0.1, -0.05) is 5.57 Å². The molecule has 4 atom stereocenters. The molecule has 2 heterocycles. The summed E-state index contributed by atoms with van der Waals surface area (Å²) in [7, 11) is 1.30. The number of likely N-dealkylation sites (tertiary alicyclic amines) is 1. The predicted molar refractivity (Wildman–Crippen MR) is 116 cm³/mol. The Kier molecular flexibility index (Phi) is 5.77. The van der Waals surface area contributed by atoms with Crippen LogP contribution < -0.4 is 4.74 Å². The van der Waals surface area contributed by atoms with Crippen molar-refractivity contribution in [3.63, 3.8) is 0 Å². The van der Waals surface area contributed by atoms with Gasteiger partial charge < -0.3 is 24.3 Å². The number of amides is 3. The highest BCUT2D eigenvalue weighted by atomic mass is 127. The van der Waals surface area contributed by atoms with Gasteiger partial charge in [-0.15, -0.1) is 0 Å². The summed E-state index contributed by atoms with van der Waals surface area (Å²) in [4.78, 5) is 38.5. The van der Waals surface area contributed by atoms with Crippen molar-refractivity contribution in [2.45, 2.75) is 25.9 Å². The zero-order valence-corrected chi connectivity index (χ0v) is 19.3. The second-order valence-corrected chi connectivity index (χ2v) is 9.09. The maximum Gasteiger partial charge on any atom is 0.487 e. The number of phenols is 1. The number of nitrogens with zero attached hydrogens (tertiary/aromatic N) is 1. The fourth-order valence-electron chi connectivity index (χ4n) is 4.98. The SMILES string of the molecule is COC(=O)N1C(=O)[C@H]2[C@H](CC(C)=C3B(O)O[C@H](c4cc(I)c(O)c(OC)c4)C[C@H]32)C1=O. The Balaban J connectivity index is 1.73. The molecule has 2 saturated heterocycles. The predicted octanol–water partition coefficient (Wildman–Crippen LogP) is 2.19. The lowest BCUT2D eigenvalue weighted by Crippen LogP contribution is -2.44. The number of ether oxygens (including phenoxy) is 2. The van der Waals surface area contributed by atoms with Crippen LogP contribution in [0.2, 0.25) is 0 Å². The number of imide groups is 3. The third-order valence-electron chi connectivity index (χ3n) is 6.36. The van der Waals surface area contributed by atoms with Crippen LogP contribution in [0.1, 0.15) is 31.4 Å². The van der Waals surface area contributed by atoms with E-state index in [1.165, 1.54) is 7.11 Å². The number of rotatable bonds is 2. The van der Waals surface area contributed by atoms with E-state index in [0.29, 0.717) is 25.9 Å². The summed E-state index contributed by atoms with van der Waals surface area (Å²) in [6, 6.07) is 3.35. The summed E-state index contributed by atoms with van der Waals surface area (Å²) < 4.78 is 16.3. The van der Waals surface area contributed by atoms with Gasteiger partial charge in [0.25, 0.3) is 0 Å². The van der Waals surface area contributed by atoms with Gasteiger partial charge in [-0.25, -0.2) is 4.79 Å². The van der Waals surface area contributed by atoms with Crippen LogP contribution in [-0.4, -0.2) is 54.3 Å². The standard InChI is InChI=1S/C20H21BINO8/c1-8-4-11-15(19(26)23(18(11)25)20(27)30-3)10-7-13(31-21(28)16(8)10)9-5-12(22)17(24)14(6-9)29-2/h5-6,10-11,13,15,24,28H,4,7H2,1-3H3/t10-,11-,13-,15+/m0/s1. The van der Waals surface area contributed by atoms with Crippen LogP contribution in [0.3, 0.4) is 0 Å². The molecule has 3 amide bonds. The van der Waals surface area contributed by atoms with E-state index in [0.717, 1.165) is 12.7 Å². The normalized spacial score (nSPS) is 27.9. The largest absolute Gasteiger partial charge is 0.504 e. The van der Waals surface area contributed by atoms with Crippen LogP contribution in [-0.2, 0) is 19.0 Å². The van der Waals surface area contributed by atoms with Gasteiger partial charge in [0.2, 0.25) is 11.8 Å². The fraction of sp³-hybridized carbons (Fsp3) is 0.450. The van der Waals surface area contributed by atoms with Crippen LogP contribution in [0, 0.1) is 21.3 Å². The number of benzene rings is 1. The van der Waals surface area contributed by atoms with E-state index < -0.39 is 48.9 Å². The first-order valence-corrected chi connectivity index (χ1v) is 10.8. The van der Waals surface area contributed by atoms with E-state index in [4.69, 9.17) is 9.39 Å². The lowest BCUT2D eigenvalue weighted by atomic mass is 9.55. The molecule has 2 N–H and O–H groups in total. The number of aromatic hydroxyl groups is 1. The highest BCUT2D eigenvalue weighted by Gasteiger charge is 2.59. The van der Waals surface area contributed by atoms with Crippen LogP contribution in [0.4, 0.5) is 4.79 Å². The smallest absolute Gasteiger partial charge is 0.487 e. The molecule has 4 rings (SSSR count). The Morgan fingerprint density at radius 1 is 1.26 bits per heavy atom. The van der Waals surface area contributed by atoms with Crippen LogP contribution >= 0.6 is 22.6 Å². The van der Waals surface area contributed by atoms with Gasteiger partial charge in [0.05, 0.1) is 35.7 Å². The molecule has 0 radical (unpaired) electrons. The molecular formula is C20H21BINO8. The Morgan fingerprint density at radius 2 is 1.97 bits per heavy atom. The van der Waals surface area contributed by atoms with Gasteiger partial charge >= 0.3 is 13.2 Å². The molecule has 0 aromatic heterocycles. The molecule has 0 unspecified atom stereocenters. The van der Waals surface area contributed by atoms with Crippen molar-refractivity contribution < 1.29 is 38.6 Å². The Morgan fingerprint density at radius 3 is 2.61 bits per heavy atom. The van der Waals surface area contributed by atoms with Crippen molar-refractivity contribution in [3.05, 3.63) is 32.3 Å². The minimum absolute atomic E-state index is 0.00246. The van der Waals surface area contributed by atoms with Crippen molar-refractivity contribution >= 4 is 47.6 Å². The number of hydrogen-bond donors (Lipinski definition) is 2. The third kappa shape index (κ3) is 3.42. The molecule has 3 aliphatic rings. The molecule has 0 bridgehead atoms. The summed E-state index contributed by atoms with van der Waals surface area (Å²) in [6.07, 6.45) is -1.01. The summed E-state index contributed by atoms with van der Waals surface area (Å²) in [5, 5.41) is 20.9. The first-order chi connectivity index (χ1) is 14.7. The van der Waals surface area contributed by atoms with Gasteiger partial charge in [0.1, 0.15) is 0 Å². The molecule has 2 aliphatic heterocycles. The molecule has 0 saturated carbocycles. The molecule has 1 aromatic carbocycles. The average molecular weight is 541 g/mol. The maximum absolute atomic E-state index is 13.1. The Hall–Kier alpha value is -2.12. The zero-order chi connectivity index (χ0) is 22.6. The van der Waals surface area contributed by atoms with Crippen molar-refractivity contribution in [2.24, 2.45) is 17.8 Å². The van der Waals surface area contributed by atoms with Crippen LogP contribution in [0.15, 0.2) is 23.2 Å². The Labute approximate surface area is 192 Å². The number of halogens is 1. The number of phenolic OH excluding ortho intramolecular Hbond substituents is 1. The second-order valence-electron chi connectivity index (χ2n) is 7.93. The average Bonchev–Trinajstić information content (AvgIpc) is 2.98. The maximum atomic E-state index is 13.1. The number of carbonyl (C=O) groups excluding carboxylic acids is 3. The molecule has 9 nitrogen and oxygen atoms in total. The number of carbonyl (C=O) groups is 3. The summed E-state index contributed by atoms with van der Waals surface area (Å²) >= 11 is 1.97. The van der Waals surface area contributed by atoms with Crippen molar-refractivity contribution in [1.82, 2.24) is 4.90 Å². The lowest BCUT2D eigenvalue weighted by molar-refractivity contribution is -0.137. The first-order valence-electron chi connectivity index (χ1n) is 9.74. The number of fused-ring (bicyclic) bond motifs is 3. The number of allylic oxidation sites excluding steroid dienone is 2. The lowest BCUT2D eigenvalue weighted by Gasteiger charge is -2.41. The minimum atomic E-state index is -1.25. The van der Waals surface area contributed by atoms with E-state index >= 15 is 0 Å². The van der Waals surface area contributed by atoms with Crippen LogP contribution in [0.5, 0.6) is 11.5 Å². The monoisotopic (exact) mass is 541 g/mol. The summed E-state index contributed by atoms with van der Waals surface area (Å²) in [5.41, 5.74) is 2.03. The van der Waals surface area contributed by atoms with E-state index in [1.54, 1.807) is 19.1 Å². The topological polar surface area (TPSA) is 123 Å². The van der Waals surface area contributed by atoms with Gasteiger partial charge in [0, 0.05) is 0 Å². The van der Waals surface area contributed by atoms with E-state index in [-0.39, 0.29) is 17.9 Å². The molecule has 1 aliphatic carbocycles. The highest BCUT2D eigenvalue weighted by Crippen LogP contribution is 2.51. The van der Waals surface area contributed by atoms with Crippen molar-refractivity contribution in [2.75, 3.05) is 14.2 Å². The molecule has 0 spiro atoms. The van der Waals surface area contributed by atoms with Gasteiger partial charge in [-0.2, -0.15) is 4.90 Å². The van der Waals surface area contributed by atoms with Gasteiger partial charge in [-0.05, 0) is 71.4 Å². The fourth-order valence-corrected chi connectivity index (χ4v) is 5.60. The second kappa shape index (κ2) is 8.10. The van der Waals surface area contributed by atoms with E-state index in [9.17, 15) is 24.5 Å². The number of methoxy groups -OCH3 is 2. The van der Waals surface area contributed by atoms with E-state index in [2.05, 4.69) is 4.74 Å². The van der Waals surface area contributed by atoms with Crippen molar-refractivity contribution in [1.29, 1.82) is 0 Å². The Bertz CT molecular complexity index is 1010. The quantitative estimate of drug-likeness (QED) is 0.332. The molecule has 2 fully saturated rings. The van der Waals surface area contributed by atoms with Crippen LogP contribution in [0.25, 0.3) is 0 Å². The van der Waals surface area contributed by atoms with Crippen molar-refractivity contribution in [3.8, 4) is 11.5 Å².